The number of piperidine rings is 1. The second kappa shape index (κ2) is 15.7. The summed E-state index contributed by atoms with van der Waals surface area (Å²) in [5.41, 5.74) is 4.20. The Kier molecular flexibility index (Phi) is 12.2. The van der Waals surface area contributed by atoms with Crippen LogP contribution in [0, 0.1) is 11.8 Å². The zero-order valence-electron chi connectivity index (χ0n) is 30.4. The fraction of sp³-hybridized carbons (Fsp3) is 0.514. The van der Waals surface area contributed by atoms with E-state index in [1.54, 1.807) is 0 Å². The number of thioether (sulfide) groups is 1. The predicted octanol–water partition coefficient (Wildman–Crippen LogP) is -1.41. The number of oxime groups is 1. The average Bonchev–Trinajstić information content (AvgIpc) is 3.55. The summed E-state index contributed by atoms with van der Waals surface area (Å²) in [5, 5.41) is 48.2. The molecular formula is C35H39ClN5NaO10S2. The molecule has 19 heteroatoms. The van der Waals surface area contributed by atoms with E-state index in [0.717, 1.165) is 37.0 Å². The zero-order chi connectivity index (χ0) is 38.7. The number of rotatable bonds is 13. The maximum atomic E-state index is 13.7. The van der Waals surface area contributed by atoms with Gasteiger partial charge in [-0.05, 0) is 38.8 Å². The number of phenols is 2. The van der Waals surface area contributed by atoms with Gasteiger partial charge in [0.05, 0.1) is 53.1 Å². The average molecular weight is 812 g/mol. The molecule has 0 spiro atoms. The van der Waals surface area contributed by atoms with Crippen LogP contribution in [0.4, 0.5) is 5.13 Å². The van der Waals surface area contributed by atoms with E-state index in [4.69, 9.17) is 22.2 Å². The Labute approximate surface area is 346 Å². The molecule has 4 N–H and O–H groups in total. The molecule has 54 heavy (non-hydrogen) atoms. The number of hydrogen-bond donors (Lipinski definition) is 3. The number of aromatic hydroxyl groups is 2. The number of nitrogens with two attached hydrogens (primary N) is 1. The van der Waals surface area contributed by atoms with E-state index in [1.165, 1.54) is 48.0 Å². The summed E-state index contributed by atoms with van der Waals surface area (Å²) in [6, 6.07) is 2.82. The van der Waals surface area contributed by atoms with Crippen LogP contribution in [0.3, 0.4) is 0 Å². The van der Waals surface area contributed by atoms with Gasteiger partial charge < -0.3 is 45.1 Å². The van der Waals surface area contributed by atoms with Crippen molar-refractivity contribution < 1.29 is 83.3 Å². The number of amides is 1. The number of Topliss-reactive ketones (excluding diaryl/α,β-unsaturated/α-hetero) is 2. The molecule has 0 saturated carbocycles. The number of benzene rings is 1. The molecule has 3 fully saturated rings. The van der Waals surface area contributed by atoms with Gasteiger partial charge in [-0.15, -0.1) is 23.1 Å². The van der Waals surface area contributed by atoms with Crippen LogP contribution in [0.25, 0.3) is 0 Å². The number of hydrogen-bond acceptors (Lipinski definition) is 15. The first kappa shape index (κ1) is 42.0. The molecule has 0 radical (unpaired) electrons. The standard InChI is InChI=1S/C35H40ClN5O10S2.Na/c1-15-21(13-41(4)18-5-6-19(41)8-16(7-18)9-24(42)17-10-22(36)29(45)26(44)11-17)28(32(47)48)40-30(46)20(31(40)53-15)12-25(43)27(23-14-52-34(37)38-23)39-51-35(2,3)33(49)50;/h10-11,14-16,18-20,31H,5-9,12-13H2,1-4H3,(H5-,37,38,39,42,43,44,45,47,48,49,50);/q;+1/p-1/t15-,16?,18-,19+,20+,31+,41?;/m0./s1. The molecule has 4 aliphatic heterocycles. The number of phenolic OH excluding ortho intramolecular Hbond substituents is 2. The number of fused-ring (bicyclic) bond motifs is 3. The van der Waals surface area contributed by atoms with Gasteiger partial charge in [-0.1, -0.05) is 16.8 Å². The van der Waals surface area contributed by atoms with Crippen molar-refractivity contribution in [1.82, 2.24) is 9.88 Å². The number of carboxylic acids is 2. The number of aromatic nitrogens is 1. The van der Waals surface area contributed by atoms with E-state index in [2.05, 4.69) is 17.2 Å². The van der Waals surface area contributed by atoms with E-state index in [-0.39, 0.29) is 104 Å². The molecule has 2 bridgehead atoms. The van der Waals surface area contributed by atoms with Crippen molar-refractivity contribution in [3.8, 4) is 11.5 Å². The number of halogens is 1. The number of β-lactam (4-membered cyclic amide) rings is 1. The molecule has 2 unspecified atom stereocenters. The van der Waals surface area contributed by atoms with Gasteiger partial charge in [0, 0.05) is 60.3 Å². The van der Waals surface area contributed by atoms with Crippen LogP contribution in [0.5, 0.6) is 11.5 Å². The van der Waals surface area contributed by atoms with Crippen LogP contribution in [0.2, 0.25) is 5.02 Å². The van der Waals surface area contributed by atoms with Crippen molar-refractivity contribution in [2.75, 3.05) is 19.3 Å². The van der Waals surface area contributed by atoms with E-state index >= 15 is 0 Å². The Morgan fingerprint density at radius 1 is 1.15 bits per heavy atom. The van der Waals surface area contributed by atoms with Crippen molar-refractivity contribution in [1.29, 1.82) is 0 Å². The molecule has 0 aliphatic carbocycles. The SMILES string of the molecule is C[C@@H]1S[C@@H]2[C@H](CC(=O)/C(=N\OC(C)(C)C(=O)[O-])c3csc(N)n3)C(=O)N2C(C(=O)[O-])=C1C[N+]1(C)[C@@H]2CC[C@H]1CC(CC(=O)c1cc(O)c(O)c(Cl)c1)C2.[Na+]. The molecule has 1 aromatic carbocycles. The van der Waals surface area contributed by atoms with Gasteiger partial charge in [0.2, 0.25) is 5.91 Å². The Morgan fingerprint density at radius 3 is 2.35 bits per heavy atom. The third kappa shape index (κ3) is 7.77. The first-order valence-electron chi connectivity index (χ1n) is 17.1. The summed E-state index contributed by atoms with van der Waals surface area (Å²) in [7, 11) is 2.09. The van der Waals surface area contributed by atoms with Crippen molar-refractivity contribution in [3.05, 3.63) is 45.1 Å². The summed E-state index contributed by atoms with van der Waals surface area (Å²) in [4.78, 5) is 75.1. The molecule has 2 aromatic rings. The maximum Gasteiger partial charge on any atom is 1.00 e. The number of carbonyl (C=O) groups excluding carboxylic acids is 5. The number of thiazole rings is 1. The van der Waals surface area contributed by atoms with Crippen LogP contribution in [0.1, 0.15) is 75.3 Å². The Morgan fingerprint density at radius 2 is 1.80 bits per heavy atom. The van der Waals surface area contributed by atoms with Gasteiger partial charge in [-0.2, -0.15) is 0 Å². The van der Waals surface area contributed by atoms with Crippen LogP contribution in [-0.2, 0) is 24.0 Å². The molecule has 3 saturated heterocycles. The molecule has 6 rings (SSSR count). The third-order valence-electron chi connectivity index (χ3n) is 11.1. The minimum atomic E-state index is -1.88. The summed E-state index contributed by atoms with van der Waals surface area (Å²) in [5.74, 6) is -6.26. The number of nitrogen functional groups attached to an aromatic ring is 1. The number of likely N-dealkylation sites (N-methyl/N-ethyl adjacent to an activating group) is 1. The van der Waals surface area contributed by atoms with E-state index in [0.29, 0.717) is 16.6 Å². The fourth-order valence-corrected chi connectivity index (χ4v) is 10.3. The third-order valence-corrected chi connectivity index (χ3v) is 13.6. The first-order chi connectivity index (χ1) is 24.8. The molecule has 5 heterocycles. The number of ketones is 2. The molecule has 284 valence electrons. The quantitative estimate of drug-likeness (QED) is 0.0402. The van der Waals surface area contributed by atoms with E-state index in [9.17, 15) is 44.4 Å². The van der Waals surface area contributed by atoms with Gasteiger partial charge in [-0.3, -0.25) is 19.3 Å². The van der Waals surface area contributed by atoms with Crippen molar-refractivity contribution in [2.45, 2.75) is 87.6 Å². The predicted molar refractivity (Wildman–Crippen MR) is 190 cm³/mol. The molecule has 1 amide bonds. The van der Waals surface area contributed by atoms with Crippen LogP contribution >= 0.6 is 34.7 Å². The number of nitrogens with zero attached hydrogens (tertiary/aromatic N) is 4. The first-order valence-corrected chi connectivity index (χ1v) is 19.3. The summed E-state index contributed by atoms with van der Waals surface area (Å²) < 4.78 is 0.556. The Balaban J connectivity index is 0.00000561. The number of carbonyl (C=O) groups is 5. The molecule has 7 atom stereocenters. The van der Waals surface area contributed by atoms with Crippen molar-refractivity contribution in [3.63, 3.8) is 0 Å². The molecule has 15 nitrogen and oxygen atoms in total. The van der Waals surface area contributed by atoms with Gasteiger partial charge >= 0.3 is 29.6 Å². The van der Waals surface area contributed by atoms with Crippen LogP contribution in [-0.4, -0.2) is 102 Å². The van der Waals surface area contributed by atoms with Gasteiger partial charge in [0.15, 0.2) is 39.5 Å². The normalized spacial score (nSPS) is 27.8. The van der Waals surface area contributed by atoms with E-state index < -0.39 is 52.0 Å². The second-order valence-corrected chi connectivity index (χ2v) is 17.6. The number of anilines is 1. The zero-order valence-corrected chi connectivity index (χ0v) is 34.8. The minimum absolute atomic E-state index is 0. The van der Waals surface area contributed by atoms with Crippen LogP contribution < -0.4 is 45.5 Å². The summed E-state index contributed by atoms with van der Waals surface area (Å²) in [6.45, 7) is 4.63. The maximum absolute atomic E-state index is 13.7. The van der Waals surface area contributed by atoms with Crippen molar-refractivity contribution >= 4 is 75.0 Å². The molecular weight excluding hydrogens is 773 g/mol. The number of aliphatic carboxylic acids is 2. The topological polar surface area (TPSA) is 236 Å². The Hall–Kier alpha value is -3.19. The monoisotopic (exact) mass is 811 g/mol. The molecule has 1 aromatic heterocycles. The summed E-state index contributed by atoms with van der Waals surface area (Å²) in [6.07, 6.45) is 3.09. The van der Waals surface area contributed by atoms with Crippen LogP contribution in [0.15, 0.2) is 33.9 Å². The smallest absolute Gasteiger partial charge is 0.546 e. The Bertz CT molecular complexity index is 1930. The number of carboxylic acid groups (broad SMARTS) is 2. The van der Waals surface area contributed by atoms with Gasteiger partial charge in [-0.25, -0.2) is 4.98 Å². The van der Waals surface area contributed by atoms with Crippen molar-refractivity contribution in [2.24, 2.45) is 17.0 Å². The fourth-order valence-electron chi connectivity index (χ4n) is 8.08. The van der Waals surface area contributed by atoms with E-state index in [1.807, 2.05) is 6.92 Å². The van der Waals surface area contributed by atoms with Gasteiger partial charge in [0.25, 0.3) is 0 Å². The largest absolute Gasteiger partial charge is 1.00 e. The molecule has 4 aliphatic rings. The van der Waals surface area contributed by atoms with Gasteiger partial charge in [0.1, 0.15) is 12.2 Å². The minimum Gasteiger partial charge on any atom is -0.546 e. The second-order valence-electron chi connectivity index (χ2n) is 14.9. The number of quaternary nitrogens is 1. The summed E-state index contributed by atoms with van der Waals surface area (Å²) >= 11 is 8.39.